The molecule has 0 aliphatic carbocycles. The largest absolute Gasteiger partial charge is 0.495 e. The van der Waals surface area contributed by atoms with Gasteiger partial charge < -0.3 is 24.4 Å². The lowest BCUT2D eigenvalue weighted by Crippen LogP contribution is -2.50. The number of para-hydroxylation sites is 1. The Morgan fingerprint density at radius 2 is 2.12 bits per heavy atom. The molecule has 2 amide bonds. The van der Waals surface area contributed by atoms with Gasteiger partial charge in [0.2, 0.25) is 11.8 Å². The van der Waals surface area contributed by atoms with Gasteiger partial charge in [-0.3, -0.25) is 9.59 Å². The third-order valence-corrected chi connectivity index (χ3v) is 5.96. The summed E-state index contributed by atoms with van der Waals surface area (Å²) in [4.78, 5) is 32.9. The van der Waals surface area contributed by atoms with Crippen LogP contribution in [-0.4, -0.2) is 77.7 Å². The van der Waals surface area contributed by atoms with E-state index in [4.69, 9.17) is 9.47 Å². The van der Waals surface area contributed by atoms with E-state index < -0.39 is 6.04 Å². The molecule has 1 N–H and O–H groups in total. The SMILES string of the molecule is COc1ccccc1C#Cc1cnc2c(c1)C(=O)N([C@@H](C)CO)C[C@@H](C)[C@@H](CN(C)C(C)=O)O2. The first-order valence-corrected chi connectivity index (χ1v) is 11.2. The highest BCUT2D eigenvalue weighted by molar-refractivity contribution is 5.97. The molecule has 0 fully saturated rings. The zero-order chi connectivity index (χ0) is 24.8. The summed E-state index contributed by atoms with van der Waals surface area (Å²) in [6.07, 6.45) is 1.18. The molecule has 8 heteroatoms. The highest BCUT2D eigenvalue weighted by Gasteiger charge is 2.34. The molecule has 3 atom stereocenters. The number of aliphatic hydroxyl groups excluding tert-OH is 1. The van der Waals surface area contributed by atoms with Crippen LogP contribution in [0.4, 0.5) is 0 Å². The summed E-state index contributed by atoms with van der Waals surface area (Å²) >= 11 is 0. The fourth-order valence-corrected chi connectivity index (χ4v) is 3.67. The summed E-state index contributed by atoms with van der Waals surface area (Å²) in [6, 6.07) is 8.68. The Kier molecular flexibility index (Phi) is 8.13. The average Bonchev–Trinajstić information content (AvgIpc) is 2.84. The maximum Gasteiger partial charge on any atom is 0.259 e. The van der Waals surface area contributed by atoms with Crippen LogP contribution < -0.4 is 9.47 Å². The fraction of sp³-hybridized carbons (Fsp3) is 0.423. The summed E-state index contributed by atoms with van der Waals surface area (Å²) in [6.45, 7) is 5.79. The second-order valence-corrected chi connectivity index (χ2v) is 8.55. The van der Waals surface area contributed by atoms with E-state index in [2.05, 4.69) is 16.8 Å². The molecule has 34 heavy (non-hydrogen) atoms. The number of pyridine rings is 1. The van der Waals surface area contributed by atoms with Crippen LogP contribution in [0, 0.1) is 17.8 Å². The number of ether oxygens (including phenoxy) is 2. The number of likely N-dealkylation sites (N-methyl/N-ethyl adjacent to an activating group) is 1. The van der Waals surface area contributed by atoms with Crippen LogP contribution in [0.3, 0.4) is 0 Å². The van der Waals surface area contributed by atoms with Crippen LogP contribution in [0.2, 0.25) is 0 Å². The van der Waals surface area contributed by atoms with E-state index in [9.17, 15) is 14.7 Å². The van der Waals surface area contributed by atoms with E-state index in [-0.39, 0.29) is 41.9 Å². The van der Waals surface area contributed by atoms with Crippen molar-refractivity contribution in [3.63, 3.8) is 0 Å². The molecule has 2 aromatic rings. The minimum atomic E-state index is -0.393. The van der Waals surface area contributed by atoms with E-state index in [0.717, 1.165) is 5.56 Å². The predicted octanol–water partition coefficient (Wildman–Crippen LogP) is 2.19. The van der Waals surface area contributed by atoms with Crippen molar-refractivity contribution in [1.29, 1.82) is 0 Å². The van der Waals surface area contributed by atoms with E-state index in [0.29, 0.717) is 24.4 Å². The van der Waals surface area contributed by atoms with E-state index in [1.807, 2.05) is 31.2 Å². The highest BCUT2D eigenvalue weighted by atomic mass is 16.5. The first kappa shape index (κ1) is 25.1. The number of amides is 2. The molecule has 1 aromatic heterocycles. The van der Waals surface area contributed by atoms with Crippen molar-refractivity contribution in [2.75, 3.05) is 33.9 Å². The summed E-state index contributed by atoms with van der Waals surface area (Å²) < 4.78 is 11.5. The van der Waals surface area contributed by atoms with E-state index >= 15 is 0 Å². The molecule has 2 heterocycles. The van der Waals surface area contributed by atoms with Gasteiger partial charge in [-0.15, -0.1) is 0 Å². The second kappa shape index (κ2) is 11.0. The number of aliphatic hydroxyl groups is 1. The van der Waals surface area contributed by atoms with Gasteiger partial charge in [0.1, 0.15) is 17.4 Å². The Bertz CT molecular complexity index is 1110. The number of nitrogens with zero attached hydrogens (tertiary/aromatic N) is 3. The van der Waals surface area contributed by atoms with Gasteiger partial charge in [-0.25, -0.2) is 4.98 Å². The zero-order valence-electron chi connectivity index (χ0n) is 20.2. The fourth-order valence-electron chi connectivity index (χ4n) is 3.67. The molecule has 0 bridgehead atoms. The predicted molar refractivity (Wildman–Crippen MR) is 128 cm³/mol. The Morgan fingerprint density at radius 3 is 2.79 bits per heavy atom. The topological polar surface area (TPSA) is 92.2 Å². The average molecular weight is 466 g/mol. The maximum atomic E-state index is 13.5. The van der Waals surface area contributed by atoms with Gasteiger partial charge in [-0.1, -0.05) is 30.9 Å². The third kappa shape index (κ3) is 5.67. The lowest BCUT2D eigenvalue weighted by atomic mass is 10.00. The third-order valence-electron chi connectivity index (χ3n) is 5.96. The van der Waals surface area contributed by atoms with Crippen molar-refractivity contribution in [2.45, 2.75) is 32.9 Å². The Hall–Kier alpha value is -3.57. The molecule has 0 saturated heterocycles. The smallest absolute Gasteiger partial charge is 0.259 e. The number of hydrogen-bond donors (Lipinski definition) is 1. The van der Waals surface area contributed by atoms with Gasteiger partial charge in [0.15, 0.2) is 0 Å². The minimum absolute atomic E-state index is 0.0790. The molecule has 3 rings (SSSR count). The number of carbonyl (C=O) groups is 2. The van der Waals surface area contributed by atoms with Crippen LogP contribution in [0.5, 0.6) is 11.6 Å². The van der Waals surface area contributed by atoms with Gasteiger partial charge in [0, 0.05) is 38.2 Å². The second-order valence-electron chi connectivity index (χ2n) is 8.55. The van der Waals surface area contributed by atoms with Crippen molar-refractivity contribution >= 4 is 11.8 Å². The van der Waals surface area contributed by atoms with E-state index in [1.54, 1.807) is 43.1 Å². The maximum absolute atomic E-state index is 13.5. The molecular weight excluding hydrogens is 434 g/mol. The Balaban J connectivity index is 2.02. The molecule has 0 unspecified atom stereocenters. The van der Waals surface area contributed by atoms with Crippen LogP contribution in [0.1, 0.15) is 42.3 Å². The molecule has 1 aromatic carbocycles. The number of methoxy groups -OCH3 is 1. The lowest BCUT2D eigenvalue weighted by Gasteiger charge is -2.37. The first-order chi connectivity index (χ1) is 16.2. The van der Waals surface area contributed by atoms with Crippen molar-refractivity contribution in [2.24, 2.45) is 5.92 Å². The summed E-state index contributed by atoms with van der Waals surface area (Å²) in [7, 11) is 3.29. The molecule has 1 aliphatic rings. The number of rotatable bonds is 5. The molecule has 180 valence electrons. The molecular formula is C26H31N3O5. The zero-order valence-corrected chi connectivity index (χ0v) is 20.2. The monoisotopic (exact) mass is 465 g/mol. The van der Waals surface area contributed by atoms with Gasteiger partial charge in [-0.05, 0) is 25.1 Å². The minimum Gasteiger partial charge on any atom is -0.495 e. The summed E-state index contributed by atoms with van der Waals surface area (Å²) in [5.74, 6) is 6.50. The van der Waals surface area contributed by atoms with Gasteiger partial charge in [0.25, 0.3) is 5.91 Å². The van der Waals surface area contributed by atoms with Crippen molar-refractivity contribution in [1.82, 2.24) is 14.8 Å². The quantitative estimate of drug-likeness (QED) is 0.681. The number of aromatic nitrogens is 1. The van der Waals surface area contributed by atoms with Crippen LogP contribution in [0.15, 0.2) is 36.5 Å². The van der Waals surface area contributed by atoms with Crippen LogP contribution in [0.25, 0.3) is 0 Å². The number of benzene rings is 1. The van der Waals surface area contributed by atoms with Crippen molar-refractivity contribution < 1.29 is 24.2 Å². The normalized spacial score (nSPS) is 18.4. The number of hydrogen-bond acceptors (Lipinski definition) is 6. The Morgan fingerprint density at radius 1 is 1.38 bits per heavy atom. The van der Waals surface area contributed by atoms with Crippen molar-refractivity contribution in [3.05, 3.63) is 53.2 Å². The number of carbonyl (C=O) groups excluding carboxylic acids is 2. The Labute approximate surface area is 200 Å². The molecule has 0 saturated carbocycles. The molecule has 8 nitrogen and oxygen atoms in total. The lowest BCUT2D eigenvalue weighted by molar-refractivity contribution is -0.129. The van der Waals surface area contributed by atoms with Crippen LogP contribution >= 0.6 is 0 Å². The summed E-state index contributed by atoms with van der Waals surface area (Å²) in [5, 5.41) is 9.77. The molecule has 0 spiro atoms. The van der Waals surface area contributed by atoms with Crippen LogP contribution in [-0.2, 0) is 4.79 Å². The van der Waals surface area contributed by atoms with Gasteiger partial charge in [-0.2, -0.15) is 0 Å². The van der Waals surface area contributed by atoms with Crippen molar-refractivity contribution in [3.8, 4) is 23.5 Å². The summed E-state index contributed by atoms with van der Waals surface area (Å²) in [5.41, 5.74) is 1.54. The first-order valence-electron chi connectivity index (χ1n) is 11.2. The number of fused-ring (bicyclic) bond motifs is 1. The molecule has 1 aliphatic heterocycles. The van der Waals surface area contributed by atoms with Gasteiger partial charge in [0.05, 0.1) is 31.9 Å². The van der Waals surface area contributed by atoms with Gasteiger partial charge >= 0.3 is 0 Å². The standard InChI is InChI=1S/C26H31N3O5/c1-17-14-29(18(2)16-30)26(32)22-12-20(10-11-21-8-6-7-9-23(21)33-5)13-27-25(22)34-24(17)15-28(4)19(3)31/h6-9,12-13,17-18,24,30H,14-16H2,1-5H3/t17-,18+,24-/m1/s1. The highest BCUT2D eigenvalue weighted by Crippen LogP contribution is 2.27. The molecule has 0 radical (unpaired) electrons. The van der Waals surface area contributed by atoms with E-state index in [1.165, 1.54) is 6.92 Å².